The van der Waals surface area contributed by atoms with Crippen molar-refractivity contribution in [3.05, 3.63) is 12.7 Å². The number of carbonyl (C=O) groups excluding carboxylic acids is 1. The van der Waals surface area contributed by atoms with Crippen molar-refractivity contribution < 1.29 is 19.4 Å². The van der Waals surface area contributed by atoms with Gasteiger partial charge in [0.05, 0.1) is 11.8 Å². The van der Waals surface area contributed by atoms with Crippen LogP contribution in [0.1, 0.15) is 26.7 Å². The molecule has 0 heterocycles. The zero-order chi connectivity index (χ0) is 11.8. The molecule has 2 atom stereocenters. The van der Waals surface area contributed by atoms with Crippen LogP contribution in [0.4, 0.5) is 0 Å². The Hall–Kier alpha value is -1.32. The van der Waals surface area contributed by atoms with Crippen LogP contribution in [0.5, 0.6) is 0 Å². The molecule has 0 saturated carbocycles. The van der Waals surface area contributed by atoms with E-state index in [1.54, 1.807) is 6.92 Å². The first-order chi connectivity index (χ1) is 7.02. The van der Waals surface area contributed by atoms with Gasteiger partial charge < -0.3 is 9.84 Å². The number of esters is 1. The maximum atomic E-state index is 11.4. The van der Waals surface area contributed by atoms with Crippen molar-refractivity contribution >= 4 is 11.9 Å². The van der Waals surface area contributed by atoms with E-state index in [0.717, 1.165) is 0 Å². The smallest absolute Gasteiger partial charge is 0.309 e. The second kappa shape index (κ2) is 7.04. The van der Waals surface area contributed by atoms with Gasteiger partial charge in [0.15, 0.2) is 0 Å². The third-order valence-corrected chi connectivity index (χ3v) is 2.23. The Kier molecular flexibility index (Phi) is 6.42. The van der Waals surface area contributed by atoms with E-state index in [9.17, 15) is 9.59 Å². The van der Waals surface area contributed by atoms with Crippen molar-refractivity contribution in [1.29, 1.82) is 0 Å². The van der Waals surface area contributed by atoms with Crippen LogP contribution in [0.25, 0.3) is 0 Å². The molecule has 0 aromatic rings. The molecule has 0 aromatic heterocycles. The van der Waals surface area contributed by atoms with Gasteiger partial charge in [-0.15, -0.1) is 0 Å². The molecule has 0 bridgehead atoms. The number of hydrogen-bond donors (Lipinski definition) is 1. The molecule has 0 spiro atoms. The van der Waals surface area contributed by atoms with E-state index >= 15 is 0 Å². The Labute approximate surface area is 89.9 Å². The first-order valence-electron chi connectivity index (χ1n) is 5.03. The lowest BCUT2D eigenvalue weighted by Crippen LogP contribution is -2.22. The van der Waals surface area contributed by atoms with Gasteiger partial charge in [0, 0.05) is 0 Å². The molecule has 0 radical (unpaired) electrons. The molecule has 0 fully saturated rings. The van der Waals surface area contributed by atoms with Crippen LogP contribution in [0.15, 0.2) is 12.7 Å². The second-order valence-electron chi connectivity index (χ2n) is 3.50. The van der Waals surface area contributed by atoms with Gasteiger partial charge in [-0.3, -0.25) is 9.59 Å². The molecule has 0 rings (SSSR count). The molecule has 0 aromatic carbocycles. The van der Waals surface area contributed by atoms with Crippen molar-refractivity contribution in [3.63, 3.8) is 0 Å². The molecule has 0 aliphatic rings. The van der Waals surface area contributed by atoms with Crippen molar-refractivity contribution in [2.45, 2.75) is 26.7 Å². The van der Waals surface area contributed by atoms with Gasteiger partial charge in [0.1, 0.15) is 6.61 Å². The SMILES string of the molecule is C=CCOC(=O)C(CC)CC(C)C(=O)O. The molecular weight excluding hydrogens is 196 g/mol. The first kappa shape index (κ1) is 13.7. The zero-order valence-electron chi connectivity index (χ0n) is 9.23. The summed E-state index contributed by atoms with van der Waals surface area (Å²) in [5.74, 6) is -2.09. The largest absolute Gasteiger partial charge is 0.481 e. The minimum atomic E-state index is -0.884. The summed E-state index contributed by atoms with van der Waals surface area (Å²) in [6.45, 7) is 7.04. The van der Waals surface area contributed by atoms with Crippen LogP contribution in [-0.4, -0.2) is 23.7 Å². The van der Waals surface area contributed by atoms with Gasteiger partial charge in [-0.05, 0) is 12.8 Å². The third kappa shape index (κ3) is 5.20. The standard InChI is InChI=1S/C11H18O4/c1-4-6-15-11(14)9(5-2)7-8(3)10(12)13/h4,8-9H,1,5-7H2,2-3H3,(H,12,13). The predicted molar refractivity (Wildman–Crippen MR) is 56.4 cm³/mol. The molecule has 0 aliphatic carbocycles. The number of ether oxygens (including phenoxy) is 1. The van der Waals surface area contributed by atoms with E-state index in [1.807, 2.05) is 6.92 Å². The predicted octanol–water partition coefficient (Wildman–Crippen LogP) is 1.85. The number of carbonyl (C=O) groups is 2. The van der Waals surface area contributed by atoms with Gasteiger partial charge in [-0.1, -0.05) is 26.5 Å². The Bertz CT molecular complexity index is 235. The van der Waals surface area contributed by atoms with Crippen LogP contribution in [0.2, 0.25) is 0 Å². The lowest BCUT2D eigenvalue weighted by molar-refractivity contribution is -0.149. The number of carboxylic acids is 1. The first-order valence-corrected chi connectivity index (χ1v) is 5.03. The van der Waals surface area contributed by atoms with Gasteiger partial charge in [0.2, 0.25) is 0 Å². The summed E-state index contributed by atoms with van der Waals surface area (Å²) in [6.07, 6.45) is 2.40. The van der Waals surface area contributed by atoms with Gasteiger partial charge >= 0.3 is 11.9 Å². The Morgan fingerprint density at radius 2 is 2.13 bits per heavy atom. The number of aliphatic carboxylic acids is 1. The molecule has 4 heteroatoms. The fourth-order valence-electron chi connectivity index (χ4n) is 1.22. The summed E-state index contributed by atoms with van der Waals surface area (Å²) >= 11 is 0. The van der Waals surface area contributed by atoms with E-state index in [1.165, 1.54) is 6.08 Å². The summed E-state index contributed by atoms with van der Waals surface area (Å²) in [4.78, 5) is 22.0. The monoisotopic (exact) mass is 214 g/mol. The fraction of sp³-hybridized carbons (Fsp3) is 0.636. The average molecular weight is 214 g/mol. The van der Waals surface area contributed by atoms with Crippen LogP contribution >= 0.6 is 0 Å². The highest BCUT2D eigenvalue weighted by molar-refractivity contribution is 5.74. The van der Waals surface area contributed by atoms with Crippen molar-refractivity contribution in [2.75, 3.05) is 6.61 Å². The van der Waals surface area contributed by atoms with Crippen LogP contribution < -0.4 is 0 Å². The summed E-state index contributed by atoms with van der Waals surface area (Å²) in [6, 6.07) is 0. The Balaban J connectivity index is 4.17. The van der Waals surface area contributed by atoms with E-state index < -0.39 is 11.9 Å². The Morgan fingerprint density at radius 3 is 2.53 bits per heavy atom. The van der Waals surface area contributed by atoms with Crippen molar-refractivity contribution in [2.24, 2.45) is 11.8 Å². The molecular formula is C11H18O4. The number of carboxylic acid groups (broad SMARTS) is 1. The zero-order valence-corrected chi connectivity index (χ0v) is 9.23. The normalized spacial score (nSPS) is 14.0. The highest BCUT2D eigenvalue weighted by atomic mass is 16.5. The van der Waals surface area contributed by atoms with E-state index in [0.29, 0.717) is 12.8 Å². The summed E-state index contributed by atoms with van der Waals surface area (Å²) < 4.78 is 4.87. The minimum Gasteiger partial charge on any atom is -0.481 e. The van der Waals surface area contributed by atoms with E-state index in [-0.39, 0.29) is 18.5 Å². The quantitative estimate of drug-likeness (QED) is 0.519. The van der Waals surface area contributed by atoms with Crippen LogP contribution in [0, 0.1) is 11.8 Å². The summed E-state index contributed by atoms with van der Waals surface area (Å²) in [5.41, 5.74) is 0. The average Bonchev–Trinajstić information content (AvgIpc) is 2.21. The minimum absolute atomic E-state index is 0.177. The summed E-state index contributed by atoms with van der Waals surface area (Å²) in [5, 5.41) is 8.72. The van der Waals surface area contributed by atoms with Gasteiger partial charge in [0.25, 0.3) is 0 Å². The lowest BCUT2D eigenvalue weighted by atomic mass is 9.94. The highest BCUT2D eigenvalue weighted by Gasteiger charge is 2.23. The van der Waals surface area contributed by atoms with E-state index in [2.05, 4.69) is 6.58 Å². The molecule has 1 N–H and O–H groups in total. The second-order valence-corrected chi connectivity index (χ2v) is 3.50. The third-order valence-electron chi connectivity index (χ3n) is 2.23. The summed E-state index contributed by atoms with van der Waals surface area (Å²) in [7, 11) is 0. The molecule has 0 amide bonds. The highest BCUT2D eigenvalue weighted by Crippen LogP contribution is 2.17. The molecule has 15 heavy (non-hydrogen) atoms. The maximum absolute atomic E-state index is 11.4. The maximum Gasteiger partial charge on any atom is 0.309 e. The molecule has 0 saturated heterocycles. The van der Waals surface area contributed by atoms with E-state index in [4.69, 9.17) is 9.84 Å². The molecule has 86 valence electrons. The number of rotatable bonds is 7. The van der Waals surface area contributed by atoms with Crippen molar-refractivity contribution in [3.8, 4) is 0 Å². The van der Waals surface area contributed by atoms with Gasteiger partial charge in [-0.2, -0.15) is 0 Å². The molecule has 0 aliphatic heterocycles. The lowest BCUT2D eigenvalue weighted by Gasteiger charge is -2.15. The van der Waals surface area contributed by atoms with Crippen LogP contribution in [-0.2, 0) is 14.3 Å². The number of hydrogen-bond acceptors (Lipinski definition) is 3. The topological polar surface area (TPSA) is 63.6 Å². The van der Waals surface area contributed by atoms with Crippen molar-refractivity contribution in [1.82, 2.24) is 0 Å². The Morgan fingerprint density at radius 1 is 1.53 bits per heavy atom. The van der Waals surface area contributed by atoms with Crippen LogP contribution in [0.3, 0.4) is 0 Å². The molecule has 2 unspecified atom stereocenters. The molecule has 4 nitrogen and oxygen atoms in total. The van der Waals surface area contributed by atoms with Gasteiger partial charge in [-0.25, -0.2) is 0 Å². The fourth-order valence-corrected chi connectivity index (χ4v) is 1.22.